The van der Waals surface area contributed by atoms with Gasteiger partial charge in [-0.05, 0) is 13.0 Å². The predicted molar refractivity (Wildman–Crippen MR) is 56.6 cm³/mol. The van der Waals surface area contributed by atoms with Crippen LogP contribution < -0.4 is 0 Å². The largest absolute Gasteiger partial charge is 0.462 e. The zero-order valence-electron chi connectivity index (χ0n) is 8.67. The number of nitro groups is 1. The van der Waals surface area contributed by atoms with Gasteiger partial charge in [-0.15, -0.1) is 0 Å². The maximum atomic E-state index is 11.3. The van der Waals surface area contributed by atoms with Gasteiger partial charge in [0, 0.05) is 12.3 Å². The van der Waals surface area contributed by atoms with Crippen molar-refractivity contribution in [3.8, 4) is 0 Å². The van der Waals surface area contributed by atoms with E-state index in [1.165, 1.54) is 18.3 Å². The molecule has 0 amide bonds. The molecule has 0 radical (unpaired) electrons. The summed E-state index contributed by atoms with van der Waals surface area (Å²) in [7, 11) is 0. The van der Waals surface area contributed by atoms with E-state index in [2.05, 4.69) is 11.6 Å². The van der Waals surface area contributed by atoms with Crippen LogP contribution in [0.3, 0.4) is 0 Å². The van der Waals surface area contributed by atoms with E-state index in [1.54, 1.807) is 6.92 Å². The number of hydrogen-bond acceptors (Lipinski definition) is 5. The monoisotopic (exact) mass is 222 g/mol. The summed E-state index contributed by atoms with van der Waals surface area (Å²) in [5, 5.41) is 10.7. The second-order valence-electron chi connectivity index (χ2n) is 2.83. The lowest BCUT2D eigenvalue weighted by Gasteiger charge is -2.04. The second-order valence-corrected chi connectivity index (χ2v) is 2.83. The van der Waals surface area contributed by atoms with E-state index in [9.17, 15) is 14.9 Å². The lowest BCUT2D eigenvalue weighted by molar-refractivity contribution is -0.385. The Bertz CT molecular complexity index is 442. The van der Waals surface area contributed by atoms with Gasteiger partial charge in [-0.25, -0.2) is 9.78 Å². The lowest BCUT2D eigenvalue weighted by Crippen LogP contribution is -2.08. The van der Waals surface area contributed by atoms with Crippen LogP contribution in [0.2, 0.25) is 0 Å². The molecule has 0 bridgehead atoms. The number of hydrogen-bond donors (Lipinski definition) is 0. The summed E-state index contributed by atoms with van der Waals surface area (Å²) >= 11 is 0. The van der Waals surface area contributed by atoms with Gasteiger partial charge in [0.15, 0.2) is 5.69 Å². The Balaban J connectivity index is 3.08. The molecule has 0 aliphatic heterocycles. The van der Waals surface area contributed by atoms with Crippen LogP contribution in [0.4, 0.5) is 5.69 Å². The highest BCUT2D eigenvalue weighted by Crippen LogP contribution is 2.22. The lowest BCUT2D eigenvalue weighted by atomic mass is 10.1. The Morgan fingerprint density at radius 3 is 2.94 bits per heavy atom. The first-order valence-electron chi connectivity index (χ1n) is 4.53. The molecule has 6 heteroatoms. The average molecular weight is 222 g/mol. The zero-order chi connectivity index (χ0) is 12.1. The van der Waals surface area contributed by atoms with Crippen LogP contribution in [0.5, 0.6) is 0 Å². The highest BCUT2D eigenvalue weighted by atomic mass is 16.6. The van der Waals surface area contributed by atoms with Crippen molar-refractivity contribution in [1.82, 2.24) is 4.98 Å². The molecule has 6 nitrogen and oxygen atoms in total. The Hall–Kier alpha value is -2.24. The third kappa shape index (κ3) is 2.41. The molecule has 0 unspecified atom stereocenters. The van der Waals surface area contributed by atoms with E-state index in [-0.39, 0.29) is 23.6 Å². The van der Waals surface area contributed by atoms with E-state index in [0.29, 0.717) is 0 Å². The third-order valence-corrected chi connectivity index (χ3v) is 1.79. The maximum Gasteiger partial charge on any atom is 0.339 e. The summed E-state index contributed by atoms with van der Waals surface area (Å²) in [6, 6.07) is 2.67. The summed E-state index contributed by atoms with van der Waals surface area (Å²) in [6.07, 6.45) is 1.35. The van der Waals surface area contributed by atoms with E-state index >= 15 is 0 Å². The van der Waals surface area contributed by atoms with Gasteiger partial charge in [-0.2, -0.15) is 0 Å². The Morgan fingerprint density at radius 1 is 1.69 bits per heavy atom. The molecule has 16 heavy (non-hydrogen) atoms. The van der Waals surface area contributed by atoms with Gasteiger partial charge in [-0.1, -0.05) is 6.58 Å². The zero-order valence-corrected chi connectivity index (χ0v) is 8.67. The van der Waals surface area contributed by atoms with Gasteiger partial charge in [0.25, 0.3) is 5.69 Å². The van der Waals surface area contributed by atoms with Gasteiger partial charge < -0.3 is 4.74 Å². The molecule has 0 saturated carbocycles. The fourth-order valence-corrected chi connectivity index (χ4v) is 1.09. The van der Waals surface area contributed by atoms with Gasteiger partial charge >= 0.3 is 5.97 Å². The maximum absolute atomic E-state index is 11.3. The molecule has 0 N–H and O–H groups in total. The Labute approximate surface area is 91.7 Å². The van der Waals surface area contributed by atoms with Crippen molar-refractivity contribution in [2.75, 3.05) is 6.61 Å². The standard InChI is InChI=1S/C10H10N2O4/c1-3-16-10(13)7(2)9-8(12(14)15)5-4-6-11-9/h4-6H,2-3H2,1H3. The molecular formula is C10H10N2O4. The fourth-order valence-electron chi connectivity index (χ4n) is 1.09. The van der Waals surface area contributed by atoms with Crippen LogP contribution in [-0.4, -0.2) is 22.5 Å². The van der Waals surface area contributed by atoms with Gasteiger partial charge in [-0.3, -0.25) is 10.1 Å². The van der Waals surface area contributed by atoms with Crippen LogP contribution in [0.1, 0.15) is 12.6 Å². The Kier molecular flexibility index (Phi) is 3.71. The number of esters is 1. The first-order valence-corrected chi connectivity index (χ1v) is 4.53. The van der Waals surface area contributed by atoms with Crippen molar-refractivity contribution in [2.24, 2.45) is 0 Å². The minimum absolute atomic E-state index is 0.0639. The minimum Gasteiger partial charge on any atom is -0.462 e. The van der Waals surface area contributed by atoms with Crippen LogP contribution in [0.15, 0.2) is 24.9 Å². The number of pyridine rings is 1. The highest BCUT2D eigenvalue weighted by molar-refractivity contribution is 6.16. The summed E-state index contributed by atoms with van der Waals surface area (Å²) in [5.74, 6) is -0.704. The normalized spacial score (nSPS) is 9.56. The molecular weight excluding hydrogens is 212 g/mol. The van der Waals surface area contributed by atoms with Crippen molar-refractivity contribution in [1.29, 1.82) is 0 Å². The third-order valence-electron chi connectivity index (χ3n) is 1.79. The van der Waals surface area contributed by atoms with Crippen molar-refractivity contribution in [2.45, 2.75) is 6.92 Å². The number of ether oxygens (including phenoxy) is 1. The molecule has 1 rings (SSSR count). The van der Waals surface area contributed by atoms with E-state index < -0.39 is 10.9 Å². The van der Waals surface area contributed by atoms with E-state index in [0.717, 1.165) is 0 Å². The molecule has 0 aliphatic rings. The molecule has 1 heterocycles. The average Bonchev–Trinajstić information content (AvgIpc) is 2.28. The van der Waals surface area contributed by atoms with Crippen LogP contribution >= 0.6 is 0 Å². The molecule has 0 aromatic carbocycles. The van der Waals surface area contributed by atoms with Crippen molar-refractivity contribution in [3.05, 3.63) is 40.7 Å². The van der Waals surface area contributed by atoms with Gasteiger partial charge in [0.2, 0.25) is 0 Å². The summed E-state index contributed by atoms with van der Waals surface area (Å²) < 4.78 is 4.69. The number of aromatic nitrogens is 1. The topological polar surface area (TPSA) is 82.3 Å². The van der Waals surface area contributed by atoms with Crippen molar-refractivity contribution >= 4 is 17.2 Å². The highest BCUT2D eigenvalue weighted by Gasteiger charge is 2.21. The van der Waals surface area contributed by atoms with Crippen LogP contribution in [0.25, 0.3) is 5.57 Å². The molecule has 0 aliphatic carbocycles. The minimum atomic E-state index is -0.704. The number of nitrogens with zero attached hydrogens (tertiary/aromatic N) is 2. The van der Waals surface area contributed by atoms with Crippen molar-refractivity contribution in [3.63, 3.8) is 0 Å². The Morgan fingerprint density at radius 2 is 2.38 bits per heavy atom. The first kappa shape index (κ1) is 11.8. The van der Waals surface area contributed by atoms with E-state index in [4.69, 9.17) is 4.74 Å². The SMILES string of the molecule is C=C(C(=O)OCC)c1ncccc1[N+](=O)[O-]. The first-order chi connectivity index (χ1) is 7.57. The quantitative estimate of drug-likeness (QED) is 0.334. The van der Waals surface area contributed by atoms with Crippen molar-refractivity contribution < 1.29 is 14.5 Å². The second kappa shape index (κ2) is 5.01. The van der Waals surface area contributed by atoms with Gasteiger partial charge in [0.05, 0.1) is 17.1 Å². The van der Waals surface area contributed by atoms with Crippen LogP contribution in [0, 0.1) is 10.1 Å². The number of rotatable bonds is 4. The summed E-state index contributed by atoms with van der Waals surface area (Å²) in [4.78, 5) is 25.2. The number of carbonyl (C=O) groups excluding carboxylic acids is 1. The molecule has 0 atom stereocenters. The van der Waals surface area contributed by atoms with Crippen LogP contribution in [-0.2, 0) is 9.53 Å². The molecule has 84 valence electrons. The van der Waals surface area contributed by atoms with E-state index in [1.807, 2.05) is 0 Å². The summed E-state index contributed by atoms with van der Waals surface area (Å²) in [6.45, 7) is 5.26. The summed E-state index contributed by atoms with van der Waals surface area (Å²) in [5.41, 5.74) is -0.444. The predicted octanol–water partition coefficient (Wildman–Crippen LogP) is 1.57. The smallest absolute Gasteiger partial charge is 0.339 e. The molecule has 1 aromatic heterocycles. The number of carbonyl (C=O) groups is 1. The molecule has 0 spiro atoms. The molecule has 0 fully saturated rings. The molecule has 1 aromatic rings. The van der Waals surface area contributed by atoms with Gasteiger partial charge in [0.1, 0.15) is 0 Å². The fraction of sp³-hybridized carbons (Fsp3) is 0.200. The molecule has 0 saturated heterocycles.